The molecule has 5 heteroatoms. The Morgan fingerprint density at radius 1 is 1.09 bits per heavy atom. The second kappa shape index (κ2) is 6.32. The molecule has 1 aliphatic carbocycles. The van der Waals surface area contributed by atoms with Gasteiger partial charge in [-0.05, 0) is 54.2 Å². The van der Waals surface area contributed by atoms with E-state index in [1.807, 2.05) is 18.2 Å². The zero-order chi connectivity index (χ0) is 16.4. The molecule has 2 aromatic rings. The fraction of sp³-hybridized carbons (Fsp3) is 0.333. The average Bonchev–Trinajstić information content (AvgIpc) is 2.51. The Hall–Kier alpha value is -1.88. The molecule has 2 aromatic carbocycles. The SMILES string of the molecule is Fc1cc(CN[C@H]2CCCc3ccccc32)cc(C(F)(F)F)c1. The van der Waals surface area contributed by atoms with Gasteiger partial charge in [0.1, 0.15) is 5.82 Å². The number of alkyl halides is 3. The van der Waals surface area contributed by atoms with E-state index in [2.05, 4.69) is 11.4 Å². The molecule has 0 heterocycles. The smallest absolute Gasteiger partial charge is 0.306 e. The number of hydrogen-bond acceptors (Lipinski definition) is 1. The Morgan fingerprint density at radius 2 is 1.87 bits per heavy atom. The third-order valence-corrected chi connectivity index (χ3v) is 4.21. The van der Waals surface area contributed by atoms with E-state index in [0.29, 0.717) is 11.6 Å². The Bertz CT molecular complexity index is 694. The highest BCUT2D eigenvalue weighted by Crippen LogP contribution is 2.32. The number of rotatable bonds is 3. The van der Waals surface area contributed by atoms with E-state index in [0.717, 1.165) is 31.4 Å². The van der Waals surface area contributed by atoms with Crippen molar-refractivity contribution in [1.82, 2.24) is 5.32 Å². The molecular formula is C18H17F4N. The van der Waals surface area contributed by atoms with Crippen molar-refractivity contribution in [2.24, 2.45) is 0 Å². The van der Waals surface area contributed by atoms with Crippen LogP contribution in [0.4, 0.5) is 17.6 Å². The maximum absolute atomic E-state index is 13.4. The van der Waals surface area contributed by atoms with E-state index < -0.39 is 17.6 Å². The van der Waals surface area contributed by atoms with Gasteiger partial charge in [0, 0.05) is 12.6 Å². The van der Waals surface area contributed by atoms with Gasteiger partial charge in [-0.15, -0.1) is 0 Å². The second-order valence-electron chi connectivity index (χ2n) is 5.87. The van der Waals surface area contributed by atoms with Crippen molar-refractivity contribution in [1.29, 1.82) is 0 Å². The maximum atomic E-state index is 13.4. The number of halogens is 4. The summed E-state index contributed by atoms with van der Waals surface area (Å²) in [6.45, 7) is 0.208. The highest BCUT2D eigenvalue weighted by molar-refractivity contribution is 5.32. The zero-order valence-electron chi connectivity index (χ0n) is 12.5. The second-order valence-corrected chi connectivity index (χ2v) is 5.87. The summed E-state index contributed by atoms with van der Waals surface area (Å²) < 4.78 is 51.7. The first-order valence-corrected chi connectivity index (χ1v) is 7.61. The minimum Gasteiger partial charge on any atom is -0.306 e. The highest BCUT2D eigenvalue weighted by atomic mass is 19.4. The van der Waals surface area contributed by atoms with Crippen LogP contribution in [0.15, 0.2) is 42.5 Å². The molecule has 0 amide bonds. The van der Waals surface area contributed by atoms with Crippen LogP contribution in [0.1, 0.15) is 41.1 Å². The van der Waals surface area contributed by atoms with Crippen LogP contribution < -0.4 is 5.32 Å². The number of hydrogen-bond donors (Lipinski definition) is 1. The predicted molar refractivity (Wildman–Crippen MR) is 80.4 cm³/mol. The molecule has 1 N–H and O–H groups in total. The van der Waals surface area contributed by atoms with E-state index in [9.17, 15) is 17.6 Å². The van der Waals surface area contributed by atoms with Crippen LogP contribution in [0.3, 0.4) is 0 Å². The summed E-state index contributed by atoms with van der Waals surface area (Å²) in [5.74, 6) is -0.860. The van der Waals surface area contributed by atoms with Crippen molar-refractivity contribution in [3.63, 3.8) is 0 Å². The molecule has 0 saturated carbocycles. The van der Waals surface area contributed by atoms with Crippen LogP contribution >= 0.6 is 0 Å². The summed E-state index contributed by atoms with van der Waals surface area (Å²) in [5, 5.41) is 3.27. The molecule has 1 nitrogen and oxygen atoms in total. The largest absolute Gasteiger partial charge is 0.416 e. The summed E-state index contributed by atoms with van der Waals surface area (Å²) in [5.41, 5.74) is 1.82. The van der Waals surface area contributed by atoms with Gasteiger partial charge in [-0.2, -0.15) is 13.2 Å². The molecule has 0 saturated heterocycles. The topological polar surface area (TPSA) is 12.0 Å². The Balaban J connectivity index is 1.76. The summed E-state index contributed by atoms with van der Waals surface area (Å²) in [4.78, 5) is 0. The number of benzene rings is 2. The Kier molecular flexibility index (Phi) is 4.39. The number of fused-ring (bicyclic) bond motifs is 1. The monoisotopic (exact) mass is 323 g/mol. The quantitative estimate of drug-likeness (QED) is 0.783. The van der Waals surface area contributed by atoms with Crippen molar-refractivity contribution in [3.05, 3.63) is 70.5 Å². The van der Waals surface area contributed by atoms with Gasteiger partial charge in [0.25, 0.3) is 0 Å². The number of aryl methyl sites for hydroxylation is 1. The summed E-state index contributed by atoms with van der Waals surface area (Å²) in [7, 11) is 0. The van der Waals surface area contributed by atoms with E-state index in [-0.39, 0.29) is 12.6 Å². The lowest BCUT2D eigenvalue weighted by molar-refractivity contribution is -0.137. The molecule has 1 aliphatic rings. The first-order chi connectivity index (χ1) is 10.9. The minimum absolute atomic E-state index is 0.0950. The van der Waals surface area contributed by atoms with Gasteiger partial charge in [0.2, 0.25) is 0 Å². The van der Waals surface area contributed by atoms with Gasteiger partial charge in [-0.25, -0.2) is 4.39 Å². The van der Waals surface area contributed by atoms with Crippen molar-refractivity contribution in [2.75, 3.05) is 0 Å². The molecule has 0 bridgehead atoms. The van der Waals surface area contributed by atoms with Crippen molar-refractivity contribution in [3.8, 4) is 0 Å². The Morgan fingerprint density at radius 3 is 2.65 bits per heavy atom. The fourth-order valence-electron chi connectivity index (χ4n) is 3.12. The zero-order valence-corrected chi connectivity index (χ0v) is 12.5. The molecule has 1 atom stereocenters. The molecule has 122 valence electrons. The van der Waals surface area contributed by atoms with E-state index in [1.54, 1.807) is 0 Å². The lowest BCUT2D eigenvalue weighted by atomic mass is 9.87. The lowest BCUT2D eigenvalue weighted by Crippen LogP contribution is -2.25. The molecule has 0 aliphatic heterocycles. The van der Waals surface area contributed by atoms with E-state index in [4.69, 9.17) is 0 Å². The van der Waals surface area contributed by atoms with Crippen LogP contribution in [-0.2, 0) is 19.1 Å². The normalized spacial score (nSPS) is 17.8. The molecule has 23 heavy (non-hydrogen) atoms. The van der Waals surface area contributed by atoms with Gasteiger partial charge < -0.3 is 5.32 Å². The molecule has 0 aromatic heterocycles. The van der Waals surface area contributed by atoms with Crippen molar-refractivity contribution >= 4 is 0 Å². The summed E-state index contributed by atoms with van der Waals surface area (Å²) in [6.07, 6.45) is -1.55. The average molecular weight is 323 g/mol. The molecule has 0 radical (unpaired) electrons. The van der Waals surface area contributed by atoms with Gasteiger partial charge in [0.05, 0.1) is 5.56 Å². The summed E-state index contributed by atoms with van der Waals surface area (Å²) >= 11 is 0. The number of nitrogens with one attached hydrogen (secondary N) is 1. The van der Waals surface area contributed by atoms with Crippen molar-refractivity contribution < 1.29 is 17.6 Å². The van der Waals surface area contributed by atoms with Gasteiger partial charge in [-0.1, -0.05) is 24.3 Å². The highest BCUT2D eigenvalue weighted by Gasteiger charge is 2.31. The molecule has 0 fully saturated rings. The predicted octanol–water partition coefficient (Wildman–Crippen LogP) is 5.01. The lowest BCUT2D eigenvalue weighted by Gasteiger charge is -2.26. The molecule has 3 rings (SSSR count). The van der Waals surface area contributed by atoms with E-state index in [1.165, 1.54) is 11.1 Å². The van der Waals surface area contributed by atoms with Gasteiger partial charge in [-0.3, -0.25) is 0 Å². The van der Waals surface area contributed by atoms with Crippen LogP contribution in [0.25, 0.3) is 0 Å². The fourth-order valence-corrected chi connectivity index (χ4v) is 3.12. The van der Waals surface area contributed by atoms with E-state index >= 15 is 0 Å². The van der Waals surface area contributed by atoms with Crippen LogP contribution in [0.5, 0.6) is 0 Å². The maximum Gasteiger partial charge on any atom is 0.416 e. The van der Waals surface area contributed by atoms with Gasteiger partial charge in [0.15, 0.2) is 0 Å². The first-order valence-electron chi connectivity index (χ1n) is 7.61. The molecule has 0 unspecified atom stereocenters. The third kappa shape index (κ3) is 3.72. The Labute approximate surface area is 132 Å². The van der Waals surface area contributed by atoms with Crippen molar-refractivity contribution in [2.45, 2.75) is 38.0 Å². The summed E-state index contributed by atoms with van der Waals surface area (Å²) in [6, 6.07) is 10.8. The first kappa shape index (κ1) is 16.0. The van der Waals surface area contributed by atoms with Crippen LogP contribution in [-0.4, -0.2) is 0 Å². The molecular weight excluding hydrogens is 306 g/mol. The third-order valence-electron chi connectivity index (χ3n) is 4.21. The minimum atomic E-state index is -4.53. The van der Waals surface area contributed by atoms with Crippen LogP contribution in [0, 0.1) is 5.82 Å². The van der Waals surface area contributed by atoms with Crippen LogP contribution in [0.2, 0.25) is 0 Å². The standard InChI is InChI=1S/C18H17F4N/c19-15-9-12(8-14(10-15)18(20,21)22)11-23-17-7-3-5-13-4-1-2-6-16(13)17/h1-2,4,6,8-10,17,23H,3,5,7,11H2/t17-/m0/s1. The van der Waals surface area contributed by atoms with Gasteiger partial charge >= 0.3 is 6.18 Å². The molecule has 0 spiro atoms.